The first-order chi connectivity index (χ1) is 16.2. The fraction of sp³-hybridized carbons (Fsp3) is 0.417. The summed E-state index contributed by atoms with van der Waals surface area (Å²) >= 11 is 0. The summed E-state index contributed by atoms with van der Waals surface area (Å²) in [6.07, 6.45) is 1.94. The van der Waals surface area contributed by atoms with Crippen molar-refractivity contribution >= 4 is 27.6 Å². The molecule has 1 N–H and O–H groups in total. The Morgan fingerprint density at radius 1 is 1.06 bits per heavy atom. The molecule has 10 heteroatoms. The van der Waals surface area contributed by atoms with E-state index < -0.39 is 10.0 Å². The second-order valence-electron chi connectivity index (χ2n) is 8.73. The third-order valence-electron chi connectivity index (χ3n) is 6.40. The highest BCUT2D eigenvalue weighted by atomic mass is 32.2. The molecule has 0 bridgehead atoms. The highest BCUT2D eigenvalue weighted by Gasteiger charge is 2.30. The van der Waals surface area contributed by atoms with Crippen LogP contribution in [0.4, 0.5) is 10.5 Å². The topological polar surface area (TPSA) is 99.3 Å². The largest absolute Gasteiger partial charge is 0.497 e. The van der Waals surface area contributed by atoms with Gasteiger partial charge in [-0.3, -0.25) is 9.69 Å². The fourth-order valence-electron chi connectivity index (χ4n) is 4.38. The molecule has 2 aromatic rings. The fourth-order valence-corrected chi connectivity index (χ4v) is 5.33. The van der Waals surface area contributed by atoms with Gasteiger partial charge < -0.3 is 15.0 Å². The van der Waals surface area contributed by atoms with E-state index in [0.717, 1.165) is 11.3 Å². The molecule has 9 nitrogen and oxygen atoms in total. The van der Waals surface area contributed by atoms with Crippen LogP contribution in [0.25, 0.3) is 0 Å². The van der Waals surface area contributed by atoms with E-state index in [1.54, 1.807) is 59.4 Å². The molecule has 0 saturated carbocycles. The van der Waals surface area contributed by atoms with E-state index in [9.17, 15) is 18.0 Å². The number of hydrogen-bond donors (Lipinski definition) is 1. The lowest BCUT2D eigenvalue weighted by Gasteiger charge is -2.33. The van der Waals surface area contributed by atoms with Crippen LogP contribution in [0, 0.1) is 0 Å². The first-order valence-corrected chi connectivity index (χ1v) is 12.7. The van der Waals surface area contributed by atoms with Crippen molar-refractivity contribution in [2.24, 2.45) is 0 Å². The number of amides is 3. The second kappa shape index (κ2) is 9.63. The smallest absolute Gasteiger partial charge is 0.322 e. The van der Waals surface area contributed by atoms with Gasteiger partial charge in [0.25, 0.3) is 5.91 Å². The molecule has 0 aromatic heterocycles. The van der Waals surface area contributed by atoms with Crippen LogP contribution in [0.5, 0.6) is 5.75 Å². The number of hydrogen-bond acceptors (Lipinski definition) is 5. The molecule has 2 aliphatic heterocycles. The van der Waals surface area contributed by atoms with Gasteiger partial charge in [-0.15, -0.1) is 0 Å². The van der Waals surface area contributed by atoms with Crippen LogP contribution in [0.1, 0.15) is 28.8 Å². The number of likely N-dealkylation sites (tertiary alicyclic amines) is 1. The second-order valence-corrected chi connectivity index (χ2v) is 10.9. The Morgan fingerprint density at radius 2 is 1.79 bits per heavy atom. The monoisotopic (exact) mass is 486 g/mol. The van der Waals surface area contributed by atoms with E-state index in [-0.39, 0.29) is 22.9 Å². The molecule has 0 unspecified atom stereocenters. The van der Waals surface area contributed by atoms with Crippen molar-refractivity contribution < 1.29 is 22.7 Å². The first kappa shape index (κ1) is 24.0. The highest BCUT2D eigenvalue weighted by molar-refractivity contribution is 7.89. The summed E-state index contributed by atoms with van der Waals surface area (Å²) in [6.45, 7) is 1.62. The van der Waals surface area contributed by atoms with E-state index in [1.807, 2.05) is 0 Å². The Hall–Kier alpha value is -3.11. The maximum atomic E-state index is 13.0. The van der Waals surface area contributed by atoms with Gasteiger partial charge >= 0.3 is 6.03 Å². The average Bonchev–Trinajstić information content (AvgIpc) is 3.27. The number of nitrogens with one attached hydrogen (secondary N) is 1. The zero-order valence-electron chi connectivity index (χ0n) is 19.7. The van der Waals surface area contributed by atoms with Crippen molar-refractivity contribution in [1.29, 1.82) is 0 Å². The minimum absolute atomic E-state index is 0.0284. The van der Waals surface area contributed by atoms with Crippen molar-refractivity contribution in [2.75, 3.05) is 45.7 Å². The van der Waals surface area contributed by atoms with Crippen molar-refractivity contribution in [1.82, 2.24) is 14.5 Å². The summed E-state index contributed by atoms with van der Waals surface area (Å²) in [4.78, 5) is 29.5. The molecule has 0 aliphatic carbocycles. The van der Waals surface area contributed by atoms with Gasteiger partial charge in [-0.2, -0.15) is 0 Å². The van der Waals surface area contributed by atoms with Crippen LogP contribution in [0.15, 0.2) is 47.4 Å². The van der Waals surface area contributed by atoms with Gasteiger partial charge in [0.1, 0.15) is 5.75 Å². The average molecular weight is 487 g/mol. The molecule has 2 aliphatic rings. The Labute approximate surface area is 200 Å². The molecule has 2 heterocycles. The zero-order valence-corrected chi connectivity index (χ0v) is 20.5. The Kier molecular flexibility index (Phi) is 6.81. The molecule has 4 rings (SSSR count). The molecule has 34 heavy (non-hydrogen) atoms. The van der Waals surface area contributed by atoms with E-state index in [4.69, 9.17) is 4.74 Å². The summed E-state index contributed by atoms with van der Waals surface area (Å²) in [6, 6.07) is 11.8. The molecule has 1 fully saturated rings. The Morgan fingerprint density at radius 3 is 2.47 bits per heavy atom. The summed E-state index contributed by atoms with van der Waals surface area (Å²) < 4.78 is 31.2. The van der Waals surface area contributed by atoms with Crippen molar-refractivity contribution in [3.63, 3.8) is 0 Å². The standard InChI is InChI=1S/C24H30N4O5S/c1-26(2)34(31,32)21-7-8-22-17(16-21)9-14-28(22)24(30)25-19-10-12-27(13-11-19)23(29)18-5-4-6-20(15-18)33-3/h4-8,15-16,19H,9-14H2,1-3H3,(H,25,30). The van der Waals surface area contributed by atoms with Crippen LogP contribution >= 0.6 is 0 Å². The number of rotatable bonds is 5. The lowest BCUT2D eigenvalue weighted by molar-refractivity contribution is 0.0708. The molecule has 2 aromatic carbocycles. The van der Waals surface area contributed by atoms with Gasteiger partial charge in [0, 0.05) is 51.0 Å². The van der Waals surface area contributed by atoms with Crippen LogP contribution in [0.2, 0.25) is 0 Å². The summed E-state index contributed by atoms with van der Waals surface area (Å²) in [7, 11) is 1.05. The Balaban J connectivity index is 1.35. The predicted molar refractivity (Wildman–Crippen MR) is 129 cm³/mol. The number of carbonyl (C=O) groups excluding carboxylic acids is 2. The van der Waals surface area contributed by atoms with Gasteiger partial charge in [0.2, 0.25) is 10.0 Å². The number of benzene rings is 2. The molecular weight excluding hydrogens is 456 g/mol. The molecule has 182 valence electrons. The summed E-state index contributed by atoms with van der Waals surface area (Å²) in [5.74, 6) is 0.603. The number of piperidine rings is 1. The first-order valence-electron chi connectivity index (χ1n) is 11.3. The SMILES string of the molecule is COc1cccc(C(=O)N2CCC(NC(=O)N3CCc4cc(S(=O)(=O)N(C)C)ccc43)CC2)c1. The Bertz CT molecular complexity index is 1190. The molecule has 1 saturated heterocycles. The van der Waals surface area contributed by atoms with Crippen LogP contribution in [0.3, 0.4) is 0 Å². The van der Waals surface area contributed by atoms with Crippen molar-refractivity contribution in [3.05, 3.63) is 53.6 Å². The number of sulfonamides is 1. The van der Waals surface area contributed by atoms with E-state index >= 15 is 0 Å². The zero-order chi connectivity index (χ0) is 24.5. The maximum absolute atomic E-state index is 13.0. The van der Waals surface area contributed by atoms with Crippen molar-refractivity contribution in [3.8, 4) is 5.75 Å². The van der Waals surface area contributed by atoms with Gasteiger partial charge in [-0.25, -0.2) is 17.5 Å². The number of anilines is 1. The lowest BCUT2D eigenvalue weighted by atomic mass is 10.0. The highest BCUT2D eigenvalue weighted by Crippen LogP contribution is 2.31. The van der Waals surface area contributed by atoms with Crippen LogP contribution in [-0.4, -0.2) is 76.4 Å². The molecule has 0 spiro atoms. The van der Waals surface area contributed by atoms with Crippen molar-refractivity contribution in [2.45, 2.75) is 30.2 Å². The quantitative estimate of drug-likeness (QED) is 0.699. The number of urea groups is 1. The predicted octanol–water partition coefficient (Wildman–Crippen LogP) is 2.32. The number of nitrogens with zero attached hydrogens (tertiary/aromatic N) is 3. The third-order valence-corrected chi connectivity index (χ3v) is 8.21. The molecule has 0 radical (unpaired) electrons. The van der Waals surface area contributed by atoms with E-state index in [2.05, 4.69) is 5.32 Å². The van der Waals surface area contributed by atoms with Gasteiger partial charge in [-0.1, -0.05) is 6.07 Å². The normalized spacial score (nSPS) is 16.5. The van der Waals surface area contributed by atoms with Crippen LogP contribution in [-0.2, 0) is 16.4 Å². The van der Waals surface area contributed by atoms with Gasteiger partial charge in [0.15, 0.2) is 0 Å². The summed E-state index contributed by atoms with van der Waals surface area (Å²) in [5, 5.41) is 3.08. The summed E-state index contributed by atoms with van der Waals surface area (Å²) in [5.41, 5.74) is 2.17. The number of ether oxygens (including phenoxy) is 1. The lowest BCUT2D eigenvalue weighted by Crippen LogP contribution is -2.50. The number of methoxy groups -OCH3 is 1. The minimum Gasteiger partial charge on any atom is -0.497 e. The maximum Gasteiger partial charge on any atom is 0.322 e. The van der Waals surface area contributed by atoms with Crippen LogP contribution < -0.4 is 15.0 Å². The molecule has 0 atom stereocenters. The number of carbonyl (C=O) groups is 2. The third kappa shape index (κ3) is 4.74. The molecule has 3 amide bonds. The van der Waals surface area contributed by atoms with E-state index in [0.29, 0.717) is 50.2 Å². The number of fused-ring (bicyclic) bond motifs is 1. The van der Waals surface area contributed by atoms with Gasteiger partial charge in [-0.05, 0) is 61.2 Å². The van der Waals surface area contributed by atoms with Gasteiger partial charge in [0.05, 0.1) is 12.0 Å². The minimum atomic E-state index is -3.52. The molecular formula is C24H30N4O5S. The van der Waals surface area contributed by atoms with E-state index in [1.165, 1.54) is 18.4 Å².